The minimum Gasteiger partial charge on any atom is -0.349 e. The lowest BCUT2D eigenvalue weighted by molar-refractivity contribution is 0.0694. The number of carbonyl (C=O) groups excluding carboxylic acids is 2. The van der Waals surface area contributed by atoms with Gasteiger partial charge in [0, 0.05) is 29.6 Å². The fraction of sp³-hybridized carbons (Fsp3) is 0.263. The normalized spacial score (nSPS) is 15.0. The van der Waals surface area contributed by atoms with Crippen LogP contribution in [0, 0.1) is 5.82 Å². The molecule has 0 aliphatic carbocycles. The molecule has 0 unspecified atom stereocenters. The van der Waals surface area contributed by atoms with Crippen LogP contribution in [0.4, 0.5) is 4.39 Å². The van der Waals surface area contributed by atoms with Gasteiger partial charge < -0.3 is 10.2 Å². The van der Waals surface area contributed by atoms with Gasteiger partial charge in [-0.05, 0) is 43.2 Å². The molecule has 1 fully saturated rings. The van der Waals surface area contributed by atoms with Gasteiger partial charge in [-0.1, -0.05) is 18.2 Å². The Morgan fingerprint density at radius 1 is 1.08 bits per heavy atom. The van der Waals surface area contributed by atoms with Gasteiger partial charge in [-0.25, -0.2) is 4.39 Å². The Kier molecular flexibility index (Phi) is 5.38. The van der Waals surface area contributed by atoms with Crippen molar-refractivity contribution in [2.75, 3.05) is 13.1 Å². The topological polar surface area (TPSA) is 49.4 Å². The molecule has 1 aliphatic rings. The first-order valence-corrected chi connectivity index (χ1v) is 8.63. The van der Waals surface area contributed by atoms with E-state index in [4.69, 9.17) is 0 Å². The van der Waals surface area contributed by atoms with E-state index in [-0.39, 0.29) is 17.9 Å². The van der Waals surface area contributed by atoms with E-state index in [1.165, 1.54) is 18.2 Å². The number of carbonyl (C=O) groups is 2. The number of nitrogens with zero attached hydrogens (tertiary/aromatic N) is 1. The van der Waals surface area contributed by atoms with E-state index < -0.39 is 5.82 Å². The van der Waals surface area contributed by atoms with Crippen LogP contribution in [-0.4, -0.2) is 35.8 Å². The van der Waals surface area contributed by atoms with Crippen LogP contribution in [0.3, 0.4) is 0 Å². The first-order valence-electron chi connectivity index (χ1n) is 8.18. The van der Waals surface area contributed by atoms with Crippen LogP contribution in [0.1, 0.15) is 33.6 Å². The molecule has 2 aromatic carbocycles. The van der Waals surface area contributed by atoms with Crippen LogP contribution in [-0.2, 0) is 0 Å². The summed E-state index contributed by atoms with van der Waals surface area (Å²) in [6, 6.07) is 12.8. The zero-order chi connectivity index (χ0) is 17.8. The predicted molar refractivity (Wildman–Crippen MR) is 96.5 cm³/mol. The van der Waals surface area contributed by atoms with Gasteiger partial charge in [-0.15, -0.1) is 12.6 Å². The van der Waals surface area contributed by atoms with Crippen LogP contribution in [0.15, 0.2) is 53.4 Å². The van der Waals surface area contributed by atoms with E-state index in [2.05, 4.69) is 17.9 Å². The van der Waals surface area contributed by atoms with Crippen LogP contribution >= 0.6 is 12.6 Å². The lowest BCUT2D eigenvalue weighted by atomic mass is 10.0. The molecule has 6 heteroatoms. The number of amides is 2. The fourth-order valence-corrected chi connectivity index (χ4v) is 3.21. The van der Waals surface area contributed by atoms with Crippen LogP contribution < -0.4 is 5.32 Å². The number of rotatable bonds is 3. The highest BCUT2D eigenvalue weighted by molar-refractivity contribution is 7.80. The Bertz CT molecular complexity index is 788. The zero-order valence-corrected chi connectivity index (χ0v) is 14.5. The van der Waals surface area contributed by atoms with Gasteiger partial charge in [0.1, 0.15) is 5.82 Å². The highest BCUT2D eigenvalue weighted by atomic mass is 32.1. The van der Waals surface area contributed by atoms with Crippen molar-refractivity contribution in [1.29, 1.82) is 0 Å². The van der Waals surface area contributed by atoms with Crippen LogP contribution in [0.25, 0.3) is 0 Å². The molecule has 0 saturated carbocycles. The van der Waals surface area contributed by atoms with Crippen molar-refractivity contribution in [3.63, 3.8) is 0 Å². The molecular weight excluding hydrogens is 339 g/mol. The average Bonchev–Trinajstić information content (AvgIpc) is 2.62. The van der Waals surface area contributed by atoms with E-state index in [1.807, 2.05) is 12.1 Å². The molecule has 0 bridgehead atoms. The summed E-state index contributed by atoms with van der Waals surface area (Å²) in [6.07, 6.45) is 1.34. The molecule has 25 heavy (non-hydrogen) atoms. The summed E-state index contributed by atoms with van der Waals surface area (Å²) in [5.74, 6) is -0.760. The second-order valence-corrected chi connectivity index (χ2v) is 6.55. The largest absolute Gasteiger partial charge is 0.349 e. The predicted octanol–water partition coefficient (Wildman–Crippen LogP) is 3.15. The Morgan fingerprint density at radius 3 is 2.48 bits per heavy atom. The van der Waals surface area contributed by atoms with Gasteiger partial charge in [0.2, 0.25) is 0 Å². The summed E-state index contributed by atoms with van der Waals surface area (Å²) in [7, 11) is 0. The quantitative estimate of drug-likeness (QED) is 0.828. The van der Waals surface area contributed by atoms with Gasteiger partial charge in [0.25, 0.3) is 11.8 Å². The van der Waals surface area contributed by atoms with E-state index >= 15 is 0 Å². The van der Waals surface area contributed by atoms with Crippen LogP contribution in [0.2, 0.25) is 0 Å². The maximum atomic E-state index is 13.2. The van der Waals surface area contributed by atoms with Crippen molar-refractivity contribution >= 4 is 24.4 Å². The lowest BCUT2D eigenvalue weighted by Crippen LogP contribution is -2.46. The molecule has 0 spiro atoms. The van der Waals surface area contributed by atoms with Crippen molar-refractivity contribution in [3.05, 3.63) is 65.5 Å². The van der Waals surface area contributed by atoms with Crippen molar-refractivity contribution in [2.45, 2.75) is 23.8 Å². The zero-order valence-electron chi connectivity index (χ0n) is 13.6. The van der Waals surface area contributed by atoms with Gasteiger partial charge >= 0.3 is 0 Å². The van der Waals surface area contributed by atoms with Crippen molar-refractivity contribution < 1.29 is 14.0 Å². The summed E-state index contributed by atoms with van der Waals surface area (Å²) in [4.78, 5) is 27.2. The third-order valence-electron chi connectivity index (χ3n) is 4.34. The SMILES string of the molecule is O=C(NC1CCN(C(=O)c2ccccc2S)CC1)c1cccc(F)c1. The maximum absolute atomic E-state index is 13.2. The summed E-state index contributed by atoms with van der Waals surface area (Å²) in [6.45, 7) is 1.13. The summed E-state index contributed by atoms with van der Waals surface area (Å²) < 4.78 is 13.2. The standard InChI is InChI=1S/C19H19FN2O2S/c20-14-5-3-4-13(12-14)18(23)21-15-8-10-22(11-9-15)19(24)16-6-1-2-7-17(16)25/h1-7,12,15,25H,8-11H2,(H,21,23). The third kappa shape index (κ3) is 4.20. The number of piperidine rings is 1. The van der Waals surface area contributed by atoms with Crippen molar-refractivity contribution in [3.8, 4) is 0 Å². The smallest absolute Gasteiger partial charge is 0.254 e. The maximum Gasteiger partial charge on any atom is 0.254 e. The molecule has 0 atom stereocenters. The number of nitrogens with one attached hydrogen (secondary N) is 1. The minimum absolute atomic E-state index is 0.0222. The highest BCUT2D eigenvalue weighted by Gasteiger charge is 2.25. The summed E-state index contributed by atoms with van der Waals surface area (Å²) in [5.41, 5.74) is 0.899. The third-order valence-corrected chi connectivity index (χ3v) is 4.73. The van der Waals surface area contributed by atoms with Gasteiger partial charge in [0.15, 0.2) is 0 Å². The van der Waals surface area contributed by atoms with Gasteiger partial charge in [0.05, 0.1) is 5.56 Å². The molecule has 1 aliphatic heterocycles. The molecule has 0 radical (unpaired) electrons. The second kappa shape index (κ2) is 7.70. The first-order chi connectivity index (χ1) is 12.0. The molecule has 1 heterocycles. The molecule has 4 nitrogen and oxygen atoms in total. The molecule has 130 valence electrons. The molecule has 3 rings (SSSR count). The van der Waals surface area contributed by atoms with Gasteiger partial charge in [-0.3, -0.25) is 9.59 Å². The van der Waals surface area contributed by atoms with E-state index in [1.54, 1.807) is 23.1 Å². The minimum atomic E-state index is -0.432. The molecule has 2 amide bonds. The Balaban J connectivity index is 1.56. The Morgan fingerprint density at radius 2 is 1.80 bits per heavy atom. The summed E-state index contributed by atoms with van der Waals surface area (Å²) in [5, 5.41) is 2.91. The Labute approximate surface area is 151 Å². The monoisotopic (exact) mass is 358 g/mol. The van der Waals surface area contributed by atoms with Crippen molar-refractivity contribution in [2.24, 2.45) is 0 Å². The van der Waals surface area contributed by atoms with E-state index in [0.717, 1.165) is 0 Å². The number of hydrogen-bond donors (Lipinski definition) is 2. The Hall–Kier alpha value is -2.34. The molecule has 0 aromatic heterocycles. The van der Waals surface area contributed by atoms with E-state index in [9.17, 15) is 14.0 Å². The first kappa shape index (κ1) is 17.5. The van der Waals surface area contributed by atoms with E-state index in [0.29, 0.717) is 42.0 Å². The number of benzene rings is 2. The second-order valence-electron chi connectivity index (χ2n) is 6.07. The van der Waals surface area contributed by atoms with Crippen molar-refractivity contribution in [1.82, 2.24) is 10.2 Å². The number of halogens is 1. The van der Waals surface area contributed by atoms with Crippen LogP contribution in [0.5, 0.6) is 0 Å². The lowest BCUT2D eigenvalue weighted by Gasteiger charge is -2.32. The summed E-state index contributed by atoms with van der Waals surface area (Å²) >= 11 is 4.33. The molecule has 1 saturated heterocycles. The molecular formula is C19H19FN2O2S. The highest BCUT2D eigenvalue weighted by Crippen LogP contribution is 2.19. The number of hydrogen-bond acceptors (Lipinski definition) is 3. The number of thiol groups is 1. The fourth-order valence-electron chi connectivity index (χ4n) is 2.95. The number of likely N-dealkylation sites (tertiary alicyclic amines) is 1. The molecule has 1 N–H and O–H groups in total. The van der Waals surface area contributed by atoms with Gasteiger partial charge in [-0.2, -0.15) is 0 Å². The molecule has 2 aromatic rings. The average molecular weight is 358 g/mol.